The zero-order valence-electron chi connectivity index (χ0n) is 28.9. The number of hydrogen-bond acceptors (Lipinski definition) is 8. The molecule has 4 amide bonds. The van der Waals surface area contributed by atoms with Gasteiger partial charge in [-0.25, -0.2) is 4.39 Å². The van der Waals surface area contributed by atoms with E-state index in [1.807, 2.05) is 28.7 Å². The first-order valence-corrected chi connectivity index (χ1v) is 18.7. The molecule has 274 valence electrons. The largest absolute Gasteiger partial charge is 0.504 e. The average molecular weight is 860 g/mol. The number of carbonyl (C=O) groups excluding carboxylic acids is 5. The molecule has 8 rings (SSSR count). The van der Waals surface area contributed by atoms with Crippen LogP contribution in [0, 0.1) is 33.1 Å². The summed E-state index contributed by atoms with van der Waals surface area (Å²) in [6, 6.07) is 21.7. The number of Topliss-reactive ketones (excluding diaryl/α,β-unsaturated/α-hetero) is 1. The molecule has 0 spiro atoms. The molecular weight excluding hydrogens is 828 g/mol. The second kappa shape index (κ2) is 13.3. The van der Waals surface area contributed by atoms with E-state index in [0.29, 0.717) is 42.2 Å². The van der Waals surface area contributed by atoms with Crippen LogP contribution in [-0.4, -0.2) is 46.6 Å². The average Bonchev–Trinajstić information content (AvgIpc) is 3.54. The number of imide groups is 2. The van der Waals surface area contributed by atoms with Gasteiger partial charge in [-0.15, -0.1) is 0 Å². The van der Waals surface area contributed by atoms with Gasteiger partial charge < -0.3 is 9.84 Å². The number of benzene rings is 4. The third-order valence-corrected chi connectivity index (χ3v) is 12.5. The van der Waals surface area contributed by atoms with Crippen molar-refractivity contribution in [1.82, 2.24) is 5.01 Å². The zero-order valence-corrected chi connectivity index (χ0v) is 31.8. The van der Waals surface area contributed by atoms with Gasteiger partial charge in [0.05, 0.1) is 45.2 Å². The summed E-state index contributed by atoms with van der Waals surface area (Å²) < 4.78 is 19.9. The lowest BCUT2D eigenvalue weighted by molar-refractivity contribution is -0.138. The van der Waals surface area contributed by atoms with Crippen molar-refractivity contribution in [3.63, 3.8) is 0 Å². The van der Waals surface area contributed by atoms with Gasteiger partial charge in [-0.3, -0.25) is 34.3 Å². The summed E-state index contributed by atoms with van der Waals surface area (Å²) in [5.74, 6) is -6.66. The highest BCUT2D eigenvalue weighted by atomic mass is 127. The van der Waals surface area contributed by atoms with Crippen LogP contribution in [-0.2, 0) is 24.6 Å². The third kappa shape index (κ3) is 5.36. The van der Waals surface area contributed by atoms with Gasteiger partial charge >= 0.3 is 0 Å². The number of nitrogens with zero attached hydrogens (tertiary/aromatic N) is 2. The predicted molar refractivity (Wildman–Crippen MR) is 205 cm³/mol. The number of methoxy groups -OCH3 is 1. The summed E-state index contributed by atoms with van der Waals surface area (Å²) in [6.07, 6.45) is 2.19. The van der Waals surface area contributed by atoms with Crippen LogP contribution in [0.4, 0.5) is 15.8 Å². The minimum Gasteiger partial charge on any atom is -0.504 e. The van der Waals surface area contributed by atoms with Crippen molar-refractivity contribution in [1.29, 1.82) is 0 Å². The van der Waals surface area contributed by atoms with Crippen LogP contribution in [0.1, 0.15) is 47.2 Å². The predicted octanol–water partition coefficient (Wildman–Crippen LogP) is 7.19. The summed E-state index contributed by atoms with van der Waals surface area (Å²) in [5, 5.41) is 12.3. The number of amides is 4. The van der Waals surface area contributed by atoms with E-state index in [4.69, 9.17) is 16.3 Å². The molecule has 2 aliphatic heterocycles. The van der Waals surface area contributed by atoms with Gasteiger partial charge in [0, 0.05) is 16.5 Å². The molecule has 4 aliphatic rings. The van der Waals surface area contributed by atoms with E-state index in [1.54, 1.807) is 60.7 Å². The van der Waals surface area contributed by atoms with Crippen molar-refractivity contribution in [2.45, 2.75) is 31.1 Å². The van der Waals surface area contributed by atoms with Crippen LogP contribution < -0.4 is 15.1 Å². The van der Waals surface area contributed by atoms with Crippen molar-refractivity contribution in [3.8, 4) is 11.5 Å². The molecule has 10 nitrogen and oxygen atoms in total. The smallest absolute Gasteiger partial charge is 0.260 e. The maximum Gasteiger partial charge on any atom is 0.260 e. The molecule has 3 fully saturated rings. The Bertz CT molecular complexity index is 2300. The molecule has 2 heterocycles. The number of carbonyl (C=O) groups is 5. The van der Waals surface area contributed by atoms with Crippen molar-refractivity contribution in [3.05, 3.63) is 128 Å². The standard InChI is InChI=1S/C41H32ClFIN3O7/c1-20(48)21-3-13-27(14-4-21)46-37(50)29-16-15-28-30(34(29)39(46)52)19-31-38(51)47(45-26-11-9-25(43)10-12-26)40(53)41(31,23-5-7-24(42)8-6-23)35(28)22-17-32(44)36(49)33(18-22)54-2/h3-15,17-18,29-31,34-35,45,49H,16,19H2,1-2H3. The number of hydrazine groups is 1. The van der Waals surface area contributed by atoms with Gasteiger partial charge in [0.15, 0.2) is 17.3 Å². The van der Waals surface area contributed by atoms with E-state index in [9.17, 15) is 28.7 Å². The lowest BCUT2D eigenvalue weighted by Crippen LogP contribution is -2.53. The fourth-order valence-corrected chi connectivity index (χ4v) is 9.80. The Balaban J connectivity index is 1.32. The van der Waals surface area contributed by atoms with Gasteiger partial charge in [-0.2, -0.15) is 5.01 Å². The Morgan fingerprint density at radius 3 is 2.28 bits per heavy atom. The highest BCUT2D eigenvalue weighted by molar-refractivity contribution is 14.1. The number of aromatic hydroxyl groups is 1. The van der Waals surface area contributed by atoms with Crippen molar-refractivity contribution >= 4 is 75.0 Å². The Labute approximate surface area is 328 Å². The van der Waals surface area contributed by atoms with Crippen molar-refractivity contribution in [2.75, 3.05) is 17.4 Å². The first-order valence-electron chi connectivity index (χ1n) is 17.3. The molecule has 0 bridgehead atoms. The lowest BCUT2D eigenvalue weighted by Gasteiger charge is -2.50. The van der Waals surface area contributed by atoms with E-state index in [2.05, 4.69) is 5.43 Å². The van der Waals surface area contributed by atoms with Crippen LogP contribution in [0.2, 0.25) is 5.02 Å². The number of ether oxygens (including phenoxy) is 1. The Morgan fingerprint density at radius 2 is 1.63 bits per heavy atom. The number of phenolic OH excluding ortho intramolecular Hbond substituents is 1. The van der Waals surface area contributed by atoms with E-state index >= 15 is 4.79 Å². The maximum absolute atomic E-state index is 15.3. The number of halogens is 3. The molecule has 4 aromatic carbocycles. The van der Waals surface area contributed by atoms with Crippen LogP contribution in [0.5, 0.6) is 11.5 Å². The number of fused-ring (bicyclic) bond motifs is 4. The number of phenols is 1. The van der Waals surface area contributed by atoms with Gasteiger partial charge in [-0.1, -0.05) is 35.4 Å². The number of allylic oxidation sites excluding steroid dienone is 2. The van der Waals surface area contributed by atoms with Crippen LogP contribution in [0.25, 0.3) is 0 Å². The Hall–Kier alpha value is -5.08. The second-order valence-corrected chi connectivity index (χ2v) is 15.6. The van der Waals surface area contributed by atoms with Gasteiger partial charge in [-0.05, 0) is 132 Å². The highest BCUT2D eigenvalue weighted by Gasteiger charge is 2.70. The molecule has 2 saturated heterocycles. The monoisotopic (exact) mass is 859 g/mol. The number of hydrogen-bond donors (Lipinski definition) is 2. The van der Waals surface area contributed by atoms with Crippen molar-refractivity contribution < 1.29 is 38.2 Å². The molecule has 0 aromatic heterocycles. The second-order valence-electron chi connectivity index (χ2n) is 14.0. The summed E-state index contributed by atoms with van der Waals surface area (Å²) >= 11 is 8.36. The quantitative estimate of drug-likeness (QED) is 0.0865. The Morgan fingerprint density at radius 1 is 0.944 bits per heavy atom. The van der Waals surface area contributed by atoms with E-state index in [0.717, 1.165) is 5.01 Å². The number of rotatable bonds is 7. The van der Waals surface area contributed by atoms with Gasteiger partial charge in [0.25, 0.3) is 11.8 Å². The molecule has 6 unspecified atom stereocenters. The molecule has 6 atom stereocenters. The normalized spacial score (nSPS) is 25.9. The van der Waals surface area contributed by atoms with E-state index < -0.39 is 58.5 Å². The fraction of sp³-hybridized carbons (Fsp3) is 0.244. The van der Waals surface area contributed by atoms with Gasteiger partial charge in [0.1, 0.15) is 5.82 Å². The van der Waals surface area contributed by atoms with Crippen LogP contribution in [0.15, 0.2) is 96.6 Å². The molecule has 1 saturated carbocycles. The first kappa shape index (κ1) is 35.9. The van der Waals surface area contributed by atoms with Crippen LogP contribution >= 0.6 is 34.2 Å². The van der Waals surface area contributed by atoms with E-state index in [1.165, 1.54) is 43.2 Å². The number of nitrogens with one attached hydrogen (secondary N) is 1. The summed E-state index contributed by atoms with van der Waals surface area (Å²) in [6.45, 7) is 1.43. The molecule has 0 radical (unpaired) electrons. The summed E-state index contributed by atoms with van der Waals surface area (Å²) in [7, 11) is 1.42. The van der Waals surface area contributed by atoms with E-state index in [-0.39, 0.29) is 36.0 Å². The lowest BCUT2D eigenvalue weighted by atomic mass is 9.49. The maximum atomic E-state index is 15.3. The fourth-order valence-electron chi connectivity index (χ4n) is 9.05. The molecule has 4 aromatic rings. The van der Waals surface area contributed by atoms with Crippen molar-refractivity contribution in [2.24, 2.45) is 23.7 Å². The minimum absolute atomic E-state index is 0.0563. The summed E-state index contributed by atoms with van der Waals surface area (Å²) in [4.78, 5) is 71.9. The number of anilines is 2. The zero-order chi connectivity index (χ0) is 38.2. The topological polar surface area (TPSA) is 133 Å². The summed E-state index contributed by atoms with van der Waals surface area (Å²) in [5.41, 5.74) is 4.20. The molecular formula is C41H32ClFIN3O7. The minimum atomic E-state index is -1.59. The molecule has 13 heteroatoms. The molecule has 54 heavy (non-hydrogen) atoms. The highest BCUT2D eigenvalue weighted by Crippen LogP contribution is 2.64. The first-order chi connectivity index (χ1) is 25.9. The van der Waals surface area contributed by atoms with Crippen LogP contribution in [0.3, 0.4) is 0 Å². The molecule has 2 aliphatic carbocycles. The third-order valence-electron chi connectivity index (χ3n) is 11.4. The number of ketones is 1. The SMILES string of the molecule is COc1cc(C2C3=CCC4C(=O)N(c5ccc(C(C)=O)cc5)C(=O)C4C3CC3C(=O)N(Nc4ccc(F)cc4)C(=O)C32c2ccc(Cl)cc2)cc(I)c1O. The van der Waals surface area contributed by atoms with Gasteiger partial charge in [0.2, 0.25) is 11.8 Å². The molecule has 2 N–H and O–H groups in total. The Kier molecular flexibility index (Phi) is 8.88.